The Morgan fingerprint density at radius 3 is 2.89 bits per heavy atom. The van der Waals surface area contributed by atoms with Crippen LogP contribution in [0.1, 0.15) is 37.0 Å². The van der Waals surface area contributed by atoms with Crippen molar-refractivity contribution in [1.29, 1.82) is 0 Å². The average molecular weight is 312 g/mol. The molecule has 1 fully saturated rings. The minimum absolute atomic E-state index is 0.216. The lowest BCUT2D eigenvalue weighted by molar-refractivity contribution is 0.512. The highest BCUT2D eigenvalue weighted by Crippen LogP contribution is 2.47. The van der Waals surface area contributed by atoms with Gasteiger partial charge in [0.05, 0.1) is 11.0 Å². The standard InChI is InChI=1S/C14H15BrFNO/c1-2-17-7-12-13(8-3-4-8)10-5-9(16)6-11(15)14(10)18-12/h5-6,8,17H,2-4,7H2,1H3. The summed E-state index contributed by atoms with van der Waals surface area (Å²) in [5.74, 6) is 1.29. The van der Waals surface area contributed by atoms with Crippen molar-refractivity contribution in [3.8, 4) is 0 Å². The van der Waals surface area contributed by atoms with Crippen LogP contribution in [0.5, 0.6) is 0 Å². The Labute approximate surface area is 114 Å². The molecule has 0 aliphatic heterocycles. The van der Waals surface area contributed by atoms with Crippen LogP contribution in [-0.4, -0.2) is 6.54 Å². The molecule has 0 radical (unpaired) electrons. The zero-order valence-electron chi connectivity index (χ0n) is 10.2. The van der Waals surface area contributed by atoms with Gasteiger partial charge in [-0.1, -0.05) is 6.92 Å². The van der Waals surface area contributed by atoms with Gasteiger partial charge in [0.15, 0.2) is 0 Å². The van der Waals surface area contributed by atoms with E-state index >= 15 is 0 Å². The van der Waals surface area contributed by atoms with Gasteiger partial charge in [-0.2, -0.15) is 0 Å². The second-order valence-corrected chi connectivity index (χ2v) is 5.61. The number of nitrogens with one attached hydrogen (secondary N) is 1. The van der Waals surface area contributed by atoms with Crippen molar-refractivity contribution >= 4 is 26.9 Å². The monoisotopic (exact) mass is 311 g/mol. The van der Waals surface area contributed by atoms with Gasteiger partial charge < -0.3 is 9.73 Å². The van der Waals surface area contributed by atoms with Crippen LogP contribution < -0.4 is 5.32 Å². The van der Waals surface area contributed by atoms with Crippen molar-refractivity contribution in [2.75, 3.05) is 6.54 Å². The highest BCUT2D eigenvalue weighted by molar-refractivity contribution is 9.10. The molecule has 0 bridgehead atoms. The van der Waals surface area contributed by atoms with Gasteiger partial charge in [-0.3, -0.25) is 0 Å². The Balaban J connectivity index is 2.16. The second kappa shape index (κ2) is 4.67. The van der Waals surface area contributed by atoms with Gasteiger partial charge in [-0.05, 0) is 53.4 Å². The van der Waals surface area contributed by atoms with E-state index in [0.717, 1.165) is 23.3 Å². The molecule has 3 rings (SSSR count). The Morgan fingerprint density at radius 1 is 1.44 bits per heavy atom. The molecule has 1 heterocycles. The molecule has 0 spiro atoms. The summed E-state index contributed by atoms with van der Waals surface area (Å²) in [5, 5.41) is 4.21. The highest BCUT2D eigenvalue weighted by Gasteiger charge is 2.31. The lowest BCUT2D eigenvalue weighted by Gasteiger charge is -2.01. The van der Waals surface area contributed by atoms with Gasteiger partial charge >= 0.3 is 0 Å². The molecule has 4 heteroatoms. The summed E-state index contributed by atoms with van der Waals surface area (Å²) >= 11 is 3.38. The molecule has 0 unspecified atom stereocenters. The molecule has 0 atom stereocenters. The molecular formula is C14H15BrFNO. The summed E-state index contributed by atoms with van der Waals surface area (Å²) < 4.78 is 20.1. The number of hydrogen-bond donors (Lipinski definition) is 1. The maximum atomic E-state index is 13.5. The molecule has 0 amide bonds. The minimum atomic E-state index is -0.216. The molecule has 1 aromatic carbocycles. The minimum Gasteiger partial charge on any atom is -0.458 e. The van der Waals surface area contributed by atoms with E-state index in [1.807, 2.05) is 0 Å². The van der Waals surface area contributed by atoms with Gasteiger partial charge in [-0.15, -0.1) is 0 Å². The third-order valence-electron chi connectivity index (χ3n) is 3.35. The number of halogens is 2. The Morgan fingerprint density at radius 2 is 2.22 bits per heavy atom. The van der Waals surface area contributed by atoms with Crippen LogP contribution in [0.25, 0.3) is 11.0 Å². The fraction of sp³-hybridized carbons (Fsp3) is 0.429. The van der Waals surface area contributed by atoms with E-state index < -0.39 is 0 Å². The quantitative estimate of drug-likeness (QED) is 0.909. The van der Waals surface area contributed by atoms with E-state index in [0.29, 0.717) is 16.9 Å². The molecule has 2 aromatic rings. The van der Waals surface area contributed by atoms with E-state index in [4.69, 9.17) is 4.42 Å². The topological polar surface area (TPSA) is 25.2 Å². The van der Waals surface area contributed by atoms with E-state index in [1.165, 1.54) is 24.5 Å². The van der Waals surface area contributed by atoms with E-state index in [-0.39, 0.29) is 5.82 Å². The van der Waals surface area contributed by atoms with Crippen LogP contribution in [0, 0.1) is 5.82 Å². The van der Waals surface area contributed by atoms with Crippen molar-refractivity contribution < 1.29 is 8.81 Å². The first kappa shape index (κ1) is 12.2. The number of fused-ring (bicyclic) bond motifs is 1. The fourth-order valence-corrected chi connectivity index (χ4v) is 2.90. The number of benzene rings is 1. The second-order valence-electron chi connectivity index (χ2n) is 4.76. The van der Waals surface area contributed by atoms with Gasteiger partial charge in [0.2, 0.25) is 0 Å². The highest BCUT2D eigenvalue weighted by atomic mass is 79.9. The van der Waals surface area contributed by atoms with Gasteiger partial charge in [0.1, 0.15) is 17.2 Å². The number of rotatable bonds is 4. The maximum Gasteiger partial charge on any atom is 0.149 e. The van der Waals surface area contributed by atoms with Gasteiger partial charge in [0, 0.05) is 10.9 Å². The SMILES string of the molecule is CCNCc1oc2c(Br)cc(F)cc2c1C1CC1. The molecule has 1 N–H and O–H groups in total. The van der Waals surface area contributed by atoms with Crippen molar-refractivity contribution in [3.63, 3.8) is 0 Å². The van der Waals surface area contributed by atoms with Crippen molar-refractivity contribution in [2.24, 2.45) is 0 Å². The van der Waals surface area contributed by atoms with Crippen molar-refractivity contribution in [2.45, 2.75) is 32.2 Å². The summed E-state index contributed by atoms with van der Waals surface area (Å²) in [6.07, 6.45) is 2.36. The van der Waals surface area contributed by atoms with Crippen LogP contribution in [0.2, 0.25) is 0 Å². The smallest absolute Gasteiger partial charge is 0.149 e. The normalized spacial score (nSPS) is 15.5. The Bertz CT molecular complexity index is 589. The molecular weight excluding hydrogens is 297 g/mol. The molecule has 1 aliphatic carbocycles. The summed E-state index contributed by atoms with van der Waals surface area (Å²) in [5.41, 5.74) is 1.97. The lowest BCUT2D eigenvalue weighted by atomic mass is 10.1. The zero-order chi connectivity index (χ0) is 12.7. The Hall–Kier alpha value is -0.870. The number of hydrogen-bond acceptors (Lipinski definition) is 2. The maximum absolute atomic E-state index is 13.5. The molecule has 1 aromatic heterocycles. The summed E-state index contributed by atoms with van der Waals surface area (Å²) in [6, 6.07) is 3.05. The van der Waals surface area contributed by atoms with Gasteiger partial charge in [0.25, 0.3) is 0 Å². The zero-order valence-corrected chi connectivity index (χ0v) is 11.8. The molecule has 96 valence electrons. The first-order valence-corrected chi connectivity index (χ1v) is 7.11. The van der Waals surface area contributed by atoms with Crippen LogP contribution in [0.4, 0.5) is 4.39 Å². The predicted molar refractivity (Wildman–Crippen MR) is 73.2 cm³/mol. The predicted octanol–water partition coefficient (Wildman–Crippen LogP) is 4.32. The van der Waals surface area contributed by atoms with E-state index in [9.17, 15) is 4.39 Å². The summed E-state index contributed by atoms with van der Waals surface area (Å²) in [4.78, 5) is 0. The summed E-state index contributed by atoms with van der Waals surface area (Å²) in [6.45, 7) is 3.68. The van der Waals surface area contributed by atoms with Crippen molar-refractivity contribution in [1.82, 2.24) is 5.32 Å². The third kappa shape index (κ3) is 2.08. The number of furan rings is 1. The third-order valence-corrected chi connectivity index (χ3v) is 3.93. The lowest BCUT2D eigenvalue weighted by Crippen LogP contribution is -2.12. The van der Waals surface area contributed by atoms with Crippen molar-refractivity contribution in [3.05, 3.63) is 33.7 Å². The average Bonchev–Trinajstić information content (AvgIpc) is 3.09. The van der Waals surface area contributed by atoms with Crippen LogP contribution in [-0.2, 0) is 6.54 Å². The van der Waals surface area contributed by atoms with Crippen LogP contribution in [0.3, 0.4) is 0 Å². The fourth-order valence-electron chi connectivity index (χ4n) is 2.38. The first-order chi connectivity index (χ1) is 8.70. The van der Waals surface area contributed by atoms with Crippen LogP contribution >= 0.6 is 15.9 Å². The molecule has 0 saturated heterocycles. The largest absolute Gasteiger partial charge is 0.458 e. The molecule has 1 aliphatic rings. The molecule has 1 saturated carbocycles. The first-order valence-electron chi connectivity index (χ1n) is 6.31. The van der Waals surface area contributed by atoms with E-state index in [1.54, 1.807) is 6.07 Å². The molecule has 2 nitrogen and oxygen atoms in total. The van der Waals surface area contributed by atoms with E-state index in [2.05, 4.69) is 28.2 Å². The summed E-state index contributed by atoms with van der Waals surface area (Å²) in [7, 11) is 0. The van der Waals surface area contributed by atoms with Gasteiger partial charge in [-0.25, -0.2) is 4.39 Å². The van der Waals surface area contributed by atoms with Crippen LogP contribution in [0.15, 0.2) is 21.0 Å². The Kier molecular flexibility index (Phi) is 3.16. The molecule has 18 heavy (non-hydrogen) atoms.